The Morgan fingerprint density at radius 3 is 3.09 bits per heavy atom. The summed E-state index contributed by atoms with van der Waals surface area (Å²) in [4.78, 5) is 2.40. The summed E-state index contributed by atoms with van der Waals surface area (Å²) >= 11 is 3.85. The lowest BCUT2D eigenvalue weighted by Gasteiger charge is -2.28. The normalized spacial score (nSPS) is 25.8. The largest absolute Gasteiger partial charge is 0.292 e. The van der Waals surface area contributed by atoms with Crippen molar-refractivity contribution in [3.8, 4) is 11.2 Å². The minimum atomic E-state index is 0.852. The molecule has 1 heterocycles. The van der Waals surface area contributed by atoms with Crippen LogP contribution in [0.15, 0.2) is 0 Å². The van der Waals surface area contributed by atoms with E-state index in [0.29, 0.717) is 0 Å². The van der Waals surface area contributed by atoms with Gasteiger partial charge in [-0.15, -0.1) is 0 Å². The second-order valence-corrected chi connectivity index (χ2v) is 3.49. The van der Waals surface area contributed by atoms with E-state index in [1.165, 1.54) is 25.9 Å². The maximum absolute atomic E-state index is 3.85. The number of hydrogen-bond acceptors (Lipinski definition) is 2. The zero-order valence-electron chi connectivity index (χ0n) is 7.01. The number of piperidine rings is 1. The first kappa shape index (κ1) is 8.96. The van der Waals surface area contributed by atoms with Gasteiger partial charge in [0.15, 0.2) is 0 Å². The first-order valence-electron chi connectivity index (χ1n) is 4.17. The van der Waals surface area contributed by atoms with E-state index in [4.69, 9.17) is 0 Å². The lowest BCUT2D eigenvalue weighted by atomic mass is 10.0. The first-order valence-corrected chi connectivity index (χ1v) is 4.62. The van der Waals surface area contributed by atoms with Gasteiger partial charge in [-0.05, 0) is 30.6 Å². The highest BCUT2D eigenvalue weighted by atomic mass is 32.1. The molecule has 0 spiro atoms. The third kappa shape index (κ3) is 3.18. The molecule has 0 aliphatic carbocycles. The lowest BCUT2D eigenvalue weighted by Crippen LogP contribution is -2.34. The van der Waals surface area contributed by atoms with Gasteiger partial charge in [-0.1, -0.05) is 25.5 Å². The molecule has 0 N–H and O–H groups in total. The highest BCUT2D eigenvalue weighted by molar-refractivity contribution is 7.85. The maximum atomic E-state index is 3.85. The highest BCUT2D eigenvalue weighted by Crippen LogP contribution is 2.14. The van der Waals surface area contributed by atoms with E-state index in [2.05, 4.69) is 35.6 Å². The molecule has 62 valence electrons. The van der Waals surface area contributed by atoms with E-state index in [0.717, 1.165) is 12.5 Å². The summed E-state index contributed by atoms with van der Waals surface area (Å²) in [6.07, 6.45) is 2.71. The molecule has 0 unspecified atom stereocenters. The van der Waals surface area contributed by atoms with Crippen molar-refractivity contribution in [1.29, 1.82) is 0 Å². The molecule has 0 aromatic heterocycles. The van der Waals surface area contributed by atoms with Crippen LogP contribution >= 0.6 is 12.6 Å². The molecule has 2 heteroatoms. The van der Waals surface area contributed by atoms with Crippen LogP contribution in [0.5, 0.6) is 0 Å². The Hall–Kier alpha value is -0.130. The second kappa shape index (κ2) is 4.69. The predicted molar refractivity (Wildman–Crippen MR) is 51.6 cm³/mol. The van der Waals surface area contributed by atoms with E-state index in [1.807, 2.05) is 0 Å². The van der Waals surface area contributed by atoms with E-state index in [1.54, 1.807) is 0 Å². The van der Waals surface area contributed by atoms with Crippen molar-refractivity contribution in [3.63, 3.8) is 0 Å². The molecule has 1 aliphatic rings. The Bertz CT molecular complexity index is 168. The first-order chi connectivity index (χ1) is 5.33. The van der Waals surface area contributed by atoms with E-state index in [-0.39, 0.29) is 0 Å². The minimum absolute atomic E-state index is 0.852. The molecule has 1 fully saturated rings. The molecule has 1 saturated heterocycles. The topological polar surface area (TPSA) is 3.24 Å². The molecule has 1 aliphatic heterocycles. The monoisotopic (exact) mass is 169 g/mol. The molecule has 0 aromatic carbocycles. The molecule has 0 saturated carbocycles. The Labute approximate surface area is 74.6 Å². The van der Waals surface area contributed by atoms with Crippen molar-refractivity contribution in [2.75, 3.05) is 19.6 Å². The predicted octanol–water partition coefficient (Wildman–Crippen LogP) is 1.61. The molecular weight excluding hydrogens is 154 g/mol. The molecule has 1 atom stereocenters. The second-order valence-electron chi connectivity index (χ2n) is 3.27. The summed E-state index contributed by atoms with van der Waals surface area (Å²) in [5.41, 5.74) is 0. The molecule has 0 amide bonds. The van der Waals surface area contributed by atoms with Crippen molar-refractivity contribution in [1.82, 2.24) is 4.90 Å². The van der Waals surface area contributed by atoms with Crippen LogP contribution in [0.1, 0.15) is 19.8 Å². The van der Waals surface area contributed by atoms with Gasteiger partial charge >= 0.3 is 0 Å². The molecule has 0 aromatic rings. The van der Waals surface area contributed by atoms with Crippen molar-refractivity contribution >= 4 is 12.6 Å². The van der Waals surface area contributed by atoms with Crippen molar-refractivity contribution in [2.45, 2.75) is 19.8 Å². The van der Waals surface area contributed by atoms with Crippen LogP contribution in [0, 0.1) is 17.1 Å². The molecule has 11 heavy (non-hydrogen) atoms. The highest BCUT2D eigenvalue weighted by Gasteiger charge is 2.14. The zero-order valence-corrected chi connectivity index (χ0v) is 7.90. The molecular formula is C9H15NS. The van der Waals surface area contributed by atoms with Crippen LogP contribution in [-0.4, -0.2) is 24.5 Å². The third-order valence-corrected chi connectivity index (χ3v) is 2.28. The van der Waals surface area contributed by atoms with E-state index in [9.17, 15) is 0 Å². The van der Waals surface area contributed by atoms with Crippen LogP contribution in [-0.2, 0) is 0 Å². The summed E-state index contributed by atoms with van der Waals surface area (Å²) in [6.45, 7) is 5.63. The van der Waals surface area contributed by atoms with E-state index < -0.39 is 0 Å². The van der Waals surface area contributed by atoms with Gasteiger partial charge in [0.05, 0.1) is 6.54 Å². The number of hydrogen-bond donors (Lipinski definition) is 1. The average molecular weight is 169 g/mol. The zero-order chi connectivity index (χ0) is 8.10. The Morgan fingerprint density at radius 1 is 1.64 bits per heavy atom. The standard InChI is InChI=1S/C9H15NS/c1-9-4-2-5-10(8-9)6-3-7-11/h9,11H,2,4-6,8H2,1H3/t9-/m1/s1. The molecule has 1 rings (SSSR count). The summed E-state index contributed by atoms with van der Waals surface area (Å²) in [7, 11) is 0. The Balaban J connectivity index is 2.26. The van der Waals surface area contributed by atoms with Gasteiger partial charge in [0.25, 0.3) is 0 Å². The van der Waals surface area contributed by atoms with E-state index >= 15 is 0 Å². The SMILES string of the molecule is C[C@@H]1CCCN(CC#CS)C1. The summed E-state index contributed by atoms with van der Waals surface area (Å²) in [5, 5.41) is 2.63. The third-order valence-electron chi connectivity index (χ3n) is 2.12. The van der Waals surface area contributed by atoms with Crippen LogP contribution in [0.3, 0.4) is 0 Å². The fraction of sp³-hybridized carbons (Fsp3) is 0.778. The Kier molecular flexibility index (Phi) is 3.82. The molecule has 1 nitrogen and oxygen atoms in total. The maximum Gasteiger partial charge on any atom is 0.0610 e. The van der Waals surface area contributed by atoms with Crippen LogP contribution in [0.4, 0.5) is 0 Å². The summed E-state index contributed by atoms with van der Waals surface area (Å²) in [5.74, 6) is 3.83. The van der Waals surface area contributed by atoms with Crippen LogP contribution < -0.4 is 0 Å². The summed E-state index contributed by atoms with van der Waals surface area (Å²) < 4.78 is 0. The fourth-order valence-electron chi connectivity index (χ4n) is 1.58. The van der Waals surface area contributed by atoms with Crippen molar-refractivity contribution < 1.29 is 0 Å². The number of likely N-dealkylation sites (tertiary alicyclic amines) is 1. The minimum Gasteiger partial charge on any atom is -0.292 e. The quantitative estimate of drug-likeness (QED) is 0.461. The lowest BCUT2D eigenvalue weighted by molar-refractivity contribution is 0.204. The van der Waals surface area contributed by atoms with Gasteiger partial charge < -0.3 is 0 Å². The summed E-state index contributed by atoms with van der Waals surface area (Å²) in [6, 6.07) is 0. The van der Waals surface area contributed by atoms with Gasteiger partial charge in [-0.25, -0.2) is 0 Å². The molecule has 0 bridgehead atoms. The van der Waals surface area contributed by atoms with Gasteiger partial charge in [0.2, 0.25) is 0 Å². The average Bonchev–Trinajstić information content (AvgIpc) is 2.01. The Morgan fingerprint density at radius 2 is 2.45 bits per heavy atom. The van der Waals surface area contributed by atoms with Gasteiger partial charge in [0, 0.05) is 6.54 Å². The fourth-order valence-corrected chi connectivity index (χ4v) is 1.65. The van der Waals surface area contributed by atoms with Crippen molar-refractivity contribution in [2.24, 2.45) is 5.92 Å². The number of thiol groups is 1. The van der Waals surface area contributed by atoms with Gasteiger partial charge in [0.1, 0.15) is 0 Å². The smallest absolute Gasteiger partial charge is 0.0610 e. The number of rotatable bonds is 1. The molecule has 0 radical (unpaired) electrons. The van der Waals surface area contributed by atoms with Crippen LogP contribution in [0.25, 0.3) is 0 Å². The van der Waals surface area contributed by atoms with Gasteiger partial charge in [-0.2, -0.15) is 0 Å². The van der Waals surface area contributed by atoms with Crippen LogP contribution in [0.2, 0.25) is 0 Å². The van der Waals surface area contributed by atoms with Gasteiger partial charge in [-0.3, -0.25) is 4.90 Å². The number of nitrogens with zero attached hydrogens (tertiary/aromatic N) is 1. The van der Waals surface area contributed by atoms with Crippen molar-refractivity contribution in [3.05, 3.63) is 0 Å².